The Labute approximate surface area is 167 Å². The average molecular weight is 403 g/mol. The molecule has 2 aromatic rings. The summed E-state index contributed by atoms with van der Waals surface area (Å²) in [5, 5.41) is 7.34. The molecule has 3 atom stereocenters. The third-order valence-electron chi connectivity index (χ3n) is 5.05. The van der Waals surface area contributed by atoms with Crippen LogP contribution in [-0.4, -0.2) is 11.2 Å². The molecule has 2 N–H and O–H groups in total. The minimum absolute atomic E-state index is 0.398. The summed E-state index contributed by atoms with van der Waals surface area (Å²) in [7, 11) is 0. The first kappa shape index (κ1) is 18.4. The third kappa shape index (κ3) is 4.50. The summed E-state index contributed by atoms with van der Waals surface area (Å²) in [6.07, 6.45) is 6.94. The summed E-state index contributed by atoms with van der Waals surface area (Å²) >= 11 is 7.03. The topological polar surface area (TPSA) is 24.1 Å². The minimum Gasteiger partial charge on any atom is -0.359 e. The lowest BCUT2D eigenvalue weighted by Crippen LogP contribution is -2.40. The number of hydrogen-bond acceptors (Lipinski definition) is 2. The smallest absolute Gasteiger partial charge is 0.171 e. The lowest BCUT2D eigenvalue weighted by atomic mass is 10.0. The fraction of sp³-hybridized carbons (Fsp3) is 0.286. The highest BCUT2D eigenvalue weighted by atomic mass is 32.2. The van der Waals surface area contributed by atoms with Crippen LogP contribution >= 0.6 is 24.0 Å². The van der Waals surface area contributed by atoms with Gasteiger partial charge in [-0.25, -0.2) is 8.78 Å². The lowest BCUT2D eigenvalue weighted by molar-refractivity contribution is 0.526. The van der Waals surface area contributed by atoms with Crippen molar-refractivity contribution in [3.05, 3.63) is 71.8 Å². The number of halogens is 2. The molecule has 140 valence electrons. The first-order valence-corrected chi connectivity index (χ1v) is 10.4. The van der Waals surface area contributed by atoms with Gasteiger partial charge in [-0.2, -0.15) is 0 Å². The van der Waals surface area contributed by atoms with E-state index >= 15 is 0 Å². The molecule has 4 rings (SSSR count). The highest BCUT2D eigenvalue weighted by Crippen LogP contribution is 2.39. The lowest BCUT2D eigenvalue weighted by Gasteiger charge is -2.22. The maximum atomic E-state index is 13.4. The second kappa shape index (κ2) is 7.98. The van der Waals surface area contributed by atoms with Crippen molar-refractivity contribution in [3.63, 3.8) is 0 Å². The molecule has 1 saturated carbocycles. The van der Waals surface area contributed by atoms with E-state index in [1.807, 2.05) is 24.3 Å². The highest BCUT2D eigenvalue weighted by Gasteiger charge is 2.35. The van der Waals surface area contributed by atoms with Gasteiger partial charge >= 0.3 is 0 Å². The van der Waals surface area contributed by atoms with E-state index < -0.39 is 11.6 Å². The van der Waals surface area contributed by atoms with Crippen LogP contribution in [0.3, 0.4) is 0 Å². The fourth-order valence-corrected chi connectivity index (χ4v) is 5.02. The van der Waals surface area contributed by atoms with Gasteiger partial charge in [0.25, 0.3) is 0 Å². The summed E-state index contributed by atoms with van der Waals surface area (Å²) in [6.45, 7) is 0. The van der Waals surface area contributed by atoms with E-state index in [4.69, 9.17) is 12.2 Å². The molecule has 0 aromatic heterocycles. The monoisotopic (exact) mass is 402 g/mol. The molecule has 1 fully saturated rings. The fourth-order valence-electron chi connectivity index (χ4n) is 3.82. The number of benzene rings is 2. The zero-order valence-corrected chi connectivity index (χ0v) is 16.3. The molecule has 2 aliphatic rings. The number of rotatable bonds is 5. The van der Waals surface area contributed by atoms with Gasteiger partial charge in [0.1, 0.15) is 11.6 Å². The van der Waals surface area contributed by atoms with Crippen molar-refractivity contribution in [2.45, 2.75) is 29.5 Å². The first-order valence-electron chi connectivity index (χ1n) is 8.99. The van der Waals surface area contributed by atoms with Gasteiger partial charge in [-0.1, -0.05) is 24.3 Å². The van der Waals surface area contributed by atoms with Gasteiger partial charge in [0.2, 0.25) is 0 Å². The number of thioether (sulfide) groups is 1. The summed E-state index contributed by atoms with van der Waals surface area (Å²) < 4.78 is 26.7. The van der Waals surface area contributed by atoms with Crippen LogP contribution in [0.1, 0.15) is 18.4 Å². The second-order valence-corrected chi connectivity index (χ2v) is 8.47. The normalized spacial score (nSPS) is 22.8. The van der Waals surface area contributed by atoms with E-state index in [2.05, 4.69) is 22.8 Å². The third-order valence-corrected chi connectivity index (χ3v) is 6.41. The Kier molecular flexibility index (Phi) is 5.45. The highest BCUT2D eigenvalue weighted by molar-refractivity contribution is 7.98. The van der Waals surface area contributed by atoms with Gasteiger partial charge in [-0.3, -0.25) is 0 Å². The Morgan fingerprint density at radius 2 is 1.85 bits per heavy atom. The van der Waals surface area contributed by atoms with Crippen LogP contribution in [0.5, 0.6) is 0 Å². The Bertz CT molecular complexity index is 864. The van der Waals surface area contributed by atoms with Gasteiger partial charge < -0.3 is 10.6 Å². The van der Waals surface area contributed by atoms with Crippen molar-refractivity contribution in [2.75, 3.05) is 5.32 Å². The van der Waals surface area contributed by atoms with Crippen LogP contribution in [0.4, 0.5) is 14.5 Å². The quantitative estimate of drug-likeness (QED) is 0.391. The SMILES string of the molecule is Fc1cc(F)cc(CSc2ccccc2NC(=S)N[C@H]2C[C@@H]3C=C[C@H]2C3)c1. The van der Waals surface area contributed by atoms with Crippen molar-refractivity contribution in [1.82, 2.24) is 5.32 Å². The number of anilines is 1. The van der Waals surface area contributed by atoms with Crippen LogP contribution in [0.15, 0.2) is 59.5 Å². The van der Waals surface area contributed by atoms with E-state index in [1.54, 1.807) is 0 Å². The van der Waals surface area contributed by atoms with Gasteiger partial charge in [-0.15, -0.1) is 11.8 Å². The maximum absolute atomic E-state index is 13.4. The van der Waals surface area contributed by atoms with E-state index in [9.17, 15) is 8.78 Å². The Balaban J connectivity index is 1.38. The maximum Gasteiger partial charge on any atom is 0.171 e. The van der Waals surface area contributed by atoms with Crippen LogP contribution in [0.25, 0.3) is 0 Å². The van der Waals surface area contributed by atoms with Crippen LogP contribution < -0.4 is 10.6 Å². The number of fused-ring (bicyclic) bond motifs is 2. The van der Waals surface area contributed by atoms with Crippen molar-refractivity contribution in [2.24, 2.45) is 11.8 Å². The van der Waals surface area contributed by atoms with E-state index in [0.29, 0.717) is 34.3 Å². The van der Waals surface area contributed by atoms with Gasteiger partial charge in [0.15, 0.2) is 5.11 Å². The van der Waals surface area contributed by atoms with Crippen molar-refractivity contribution in [1.29, 1.82) is 0 Å². The number of para-hydroxylation sites is 1. The number of nitrogens with one attached hydrogen (secondary N) is 2. The predicted octanol–water partition coefficient (Wildman–Crippen LogP) is 5.51. The molecule has 2 bridgehead atoms. The molecule has 0 aliphatic heterocycles. The Morgan fingerprint density at radius 3 is 2.56 bits per heavy atom. The molecule has 0 radical (unpaired) electrons. The molecule has 0 amide bonds. The number of hydrogen-bond donors (Lipinski definition) is 2. The molecular weight excluding hydrogens is 382 g/mol. The zero-order valence-electron chi connectivity index (χ0n) is 14.6. The van der Waals surface area contributed by atoms with Gasteiger partial charge in [0, 0.05) is 22.8 Å². The molecule has 2 aliphatic carbocycles. The van der Waals surface area contributed by atoms with Crippen LogP contribution in [-0.2, 0) is 5.75 Å². The Hall–Kier alpha value is -1.92. The summed E-state index contributed by atoms with van der Waals surface area (Å²) in [6, 6.07) is 11.8. The molecule has 2 nitrogen and oxygen atoms in total. The second-order valence-electron chi connectivity index (χ2n) is 7.05. The molecule has 6 heteroatoms. The molecule has 27 heavy (non-hydrogen) atoms. The number of allylic oxidation sites excluding steroid dienone is 1. The first-order chi connectivity index (χ1) is 13.1. The largest absolute Gasteiger partial charge is 0.359 e. The Morgan fingerprint density at radius 1 is 1.07 bits per heavy atom. The molecule has 0 saturated heterocycles. The van der Waals surface area contributed by atoms with Crippen molar-refractivity contribution >= 4 is 34.8 Å². The van der Waals surface area contributed by atoms with E-state index in [1.165, 1.54) is 30.3 Å². The van der Waals surface area contributed by atoms with Crippen LogP contribution in [0.2, 0.25) is 0 Å². The zero-order chi connectivity index (χ0) is 18.8. The van der Waals surface area contributed by atoms with Gasteiger partial charge in [-0.05, 0) is 66.7 Å². The van der Waals surface area contributed by atoms with Gasteiger partial charge in [0.05, 0.1) is 5.69 Å². The molecule has 0 spiro atoms. The minimum atomic E-state index is -0.553. The standard InChI is InChI=1S/C21H20F2N2S2/c22-16-8-14(9-17(23)11-16)12-27-20-4-2-1-3-18(20)24-21(26)25-19-10-13-5-6-15(19)7-13/h1-6,8-9,11,13,15,19H,7,10,12H2,(H2,24,25,26)/t13-,15+,19+/m1/s1. The average Bonchev–Trinajstić information content (AvgIpc) is 3.23. The predicted molar refractivity (Wildman–Crippen MR) is 111 cm³/mol. The van der Waals surface area contributed by atoms with Crippen molar-refractivity contribution in [3.8, 4) is 0 Å². The summed E-state index contributed by atoms with van der Waals surface area (Å²) in [5.41, 5.74) is 1.51. The van der Waals surface area contributed by atoms with Crippen LogP contribution in [0, 0.1) is 23.5 Å². The molecular formula is C21H20F2N2S2. The molecule has 0 heterocycles. The van der Waals surface area contributed by atoms with E-state index in [-0.39, 0.29) is 0 Å². The van der Waals surface area contributed by atoms with E-state index in [0.717, 1.165) is 23.1 Å². The van der Waals surface area contributed by atoms with Crippen molar-refractivity contribution < 1.29 is 8.78 Å². The molecule has 2 aromatic carbocycles. The summed E-state index contributed by atoms with van der Waals surface area (Å²) in [5.74, 6) is 0.627. The molecule has 0 unspecified atom stereocenters. The summed E-state index contributed by atoms with van der Waals surface area (Å²) in [4.78, 5) is 0.985. The number of thiocarbonyl (C=S) groups is 1.